The van der Waals surface area contributed by atoms with E-state index in [9.17, 15) is 0 Å². The Labute approximate surface area is 757 Å². The topological polar surface area (TPSA) is 600 Å². The number of aliphatic carboxylic acids is 2. The number of hydrogen-bond acceptors (Lipinski definition) is 44. The van der Waals surface area contributed by atoms with Gasteiger partial charge >= 0.3 is 61.4 Å². The van der Waals surface area contributed by atoms with E-state index in [0.717, 1.165) is 155 Å². The van der Waals surface area contributed by atoms with E-state index in [-0.39, 0.29) is 57.0 Å². The van der Waals surface area contributed by atoms with Crippen LogP contribution in [0.5, 0.6) is 0 Å². The number of piperazine rings is 4. The summed E-state index contributed by atoms with van der Waals surface area (Å²) in [6, 6.07) is 7.53. The van der Waals surface area contributed by atoms with Crippen LogP contribution in [0.25, 0.3) is 33.2 Å². The quantitative estimate of drug-likeness (QED) is 0.0249. The molecule has 13 N–H and O–H groups in total. The number of nitrogens with two attached hydrogens (primary N) is 3. The molecule has 0 aromatic carbocycles. The number of thiophene rings is 2. The Morgan fingerprint density at radius 1 is 0.597 bits per heavy atom. The van der Waals surface area contributed by atoms with E-state index < -0.39 is 19.1 Å². The largest absolute Gasteiger partial charge is 1.00 e. The number of hydrazine groups is 2. The van der Waals surface area contributed by atoms with Gasteiger partial charge in [-0.15, -0.1) is 60.3 Å². The van der Waals surface area contributed by atoms with Crippen molar-refractivity contribution >= 4 is 198 Å². The second-order valence-corrected chi connectivity index (χ2v) is 27.7. The number of halogens is 7. The zero-order valence-electron chi connectivity index (χ0n) is 65.4. The third-order valence-electron chi connectivity index (χ3n) is 14.3. The fourth-order valence-corrected chi connectivity index (χ4v) is 11.2. The number of anilines is 4. The van der Waals surface area contributed by atoms with Crippen LogP contribution in [0.3, 0.4) is 0 Å². The molecule has 1 radical (unpaired) electrons. The Bertz CT molecular complexity index is 4620. The molecule has 0 aliphatic carbocycles. The molecule has 0 bridgehead atoms. The number of carbonyl (C=O) groups is 2. The summed E-state index contributed by atoms with van der Waals surface area (Å²) in [4.78, 5) is 75.1. The van der Waals surface area contributed by atoms with Gasteiger partial charge in [0.05, 0.1) is 35.0 Å². The normalized spacial score (nSPS) is 13.2. The zero-order chi connectivity index (χ0) is 87.7. The minimum Gasteiger partial charge on any atom is 1.00 e. The number of alkyl halides is 2. The molecule has 0 amide bonds. The summed E-state index contributed by atoms with van der Waals surface area (Å²) in [5.74, 6) is 14.3. The number of thiol groups is 1. The van der Waals surface area contributed by atoms with Crippen LogP contribution in [-0.2, 0) is 9.59 Å². The fraction of sp³-hybridized carbons (Fsp3) is 0.424. The molecular weight excluding hydrogens is 1820 g/mol. The number of likely N-dealkylation sites (N-methyl/N-ethyl adjacent to an activating group) is 4. The summed E-state index contributed by atoms with van der Waals surface area (Å²) in [6.45, 7) is 20.8. The van der Waals surface area contributed by atoms with E-state index in [1.807, 2.05) is 17.6 Å². The van der Waals surface area contributed by atoms with Crippen LogP contribution in [-0.4, -0.2) is 337 Å². The van der Waals surface area contributed by atoms with Gasteiger partial charge in [-0.25, -0.2) is 45.7 Å². The molecule has 16 rings (SSSR count). The maximum atomic E-state index is 9.00. The van der Waals surface area contributed by atoms with E-state index in [1.165, 1.54) is 59.9 Å². The number of nitrogens with zero attached hydrogens (tertiary/aromatic N) is 33. The summed E-state index contributed by atoms with van der Waals surface area (Å²) in [5.41, 5.74) is 5.85. The molecule has 4 aliphatic rings. The molecule has 12 aromatic rings. The van der Waals surface area contributed by atoms with Crippen LogP contribution < -0.4 is 77.3 Å². The van der Waals surface area contributed by atoms with Crippen LogP contribution in [0.15, 0.2) is 111 Å². The van der Waals surface area contributed by atoms with Crippen molar-refractivity contribution in [1.82, 2.24) is 145 Å². The van der Waals surface area contributed by atoms with Crippen LogP contribution in [0.4, 0.5) is 23.3 Å². The molecule has 4 fully saturated rings. The van der Waals surface area contributed by atoms with Gasteiger partial charge in [-0.1, -0.05) is 64.6 Å². The van der Waals surface area contributed by atoms with Crippen molar-refractivity contribution in [3.05, 3.63) is 132 Å². The van der Waals surface area contributed by atoms with Crippen LogP contribution in [0.2, 0.25) is 20.6 Å². The molecule has 16 heterocycles. The summed E-state index contributed by atoms with van der Waals surface area (Å²) in [5, 5.41) is 103. The molecule has 0 atom stereocenters. The predicted molar refractivity (Wildman–Crippen MR) is 462 cm³/mol. The van der Waals surface area contributed by atoms with Crippen molar-refractivity contribution < 1.29 is 64.5 Å². The first-order valence-corrected chi connectivity index (χ1v) is 39.4. The first kappa shape index (κ1) is 109. The summed E-state index contributed by atoms with van der Waals surface area (Å²) < 4.78 is 10.6. The van der Waals surface area contributed by atoms with Gasteiger partial charge in [-0.3, -0.25) is 21.3 Å². The number of hydrogen-bond donors (Lipinski definition) is 11. The van der Waals surface area contributed by atoms with Gasteiger partial charge in [0.2, 0.25) is 22.6 Å². The molecular formula is C59H87B2BrCl6N38NaO9S3. The van der Waals surface area contributed by atoms with E-state index in [4.69, 9.17) is 121 Å². The molecule has 4 aliphatic heterocycles. The minimum absolute atomic E-state index is 0. The standard InChI is InChI=1S/C13H15N7S.C9H12BrN7.C9H13N7.C5H12N2.C4H5BO2S.C4H2Cl2N2.C4H2ClN5.C4H5ClN4.2C2H4O2.C2H6O.CH2Cl2.BHNS.H4N2.HNO2.Na/c1-18-4-6-19(7-5-18)12-13-15-16-17-20(13)10(9-14-12)11-3-2-8-21-11;1-15-2-4-16(5-3-15)8-9-12-13-14-17(9)7(10)6-11-8;1-14-4-6-15(7-5-14)8-9-11-12-13-16(9)3-2-10-8;1-7-4-2-6-3-5-7;6-5(7)4-2-1-3-8-4;5-3-4(6)8-2-1-7-3;5-3-4-7-8-9-10(4)2-1-6-3;5-3-4(9-6)8-2-1-7-3;2*1-2(3)4;1-2-3;2-1-3;1-2-3;1-2;2-1-3;/h2-3,8-9H,4-7H2,1H3;6H,2-5H2,1H3;2-3H,4-7H2,1H3;6H,2-5H2,1H3;1-3,6-7H;1-2H;1-2H;1-2H,6H2,(H,8,9);2*1H3,(H,3,4);3H,2H2,1H3;1H2;3H;1-2H2;(H,2,3);/q;;;;;;;;;;;;;;;+1/p-1. The fourth-order valence-electron chi connectivity index (χ4n) is 8.99. The van der Waals surface area contributed by atoms with E-state index >= 15 is 0 Å². The van der Waals surface area contributed by atoms with Gasteiger partial charge in [-0.05, 0) is 110 Å². The third-order valence-corrected chi connectivity index (χ3v) is 17.8. The van der Waals surface area contributed by atoms with Crippen LogP contribution >= 0.6 is 121 Å². The van der Waals surface area contributed by atoms with E-state index in [2.05, 4.69) is 234 Å². The van der Waals surface area contributed by atoms with Gasteiger partial charge in [0.25, 0.3) is 11.9 Å². The Balaban J connectivity index is 0.000000669. The number of rotatable bonds is 6. The second kappa shape index (κ2) is 64.9. The number of nitrogens with one attached hydrogen (secondary N) is 2. The Morgan fingerprint density at radius 3 is 1.34 bits per heavy atom. The first-order valence-electron chi connectivity index (χ1n) is 33.9. The Kier molecular flexibility index (Phi) is 59.5. The van der Waals surface area contributed by atoms with Gasteiger partial charge in [0.15, 0.2) is 43.9 Å². The molecule has 119 heavy (non-hydrogen) atoms. The first-order chi connectivity index (χ1) is 56.8. The number of nitrogen functional groups attached to an aromatic ring is 1. The van der Waals surface area contributed by atoms with Gasteiger partial charge in [0.1, 0.15) is 10.3 Å². The smallest absolute Gasteiger partial charge is 1.00 e. The number of fused-ring (bicyclic) bond motifs is 4. The average Bonchev–Trinajstić information content (AvgIpc) is 1.68. The number of carboxylic acid groups (broad SMARTS) is 2. The molecule has 0 spiro atoms. The SMILES string of the molecule is CC(=O)O.CC(=O)O.CCO.CN1CCN(c2ncc(-c3cccs3)n3nnnc23)CC1.CN1CCN(c2ncc(Br)n3nnnc23)CC1.CN1CCN(c2nccn3nnnc23)CC1.CN1CCNCC1.ClCCl.Clc1nccn2nnnc12.Clc1nccnc1Cl.NN.NNc1nccnc1Cl.O=N[O-].OB(O)c1cccs1.[B]=NS.[Na+]. The predicted octanol–water partition coefficient (Wildman–Crippen LogP) is -0.516. The maximum Gasteiger partial charge on any atom is 1.00 e. The summed E-state index contributed by atoms with van der Waals surface area (Å²) in [6.07, 6.45) is 16.2. The number of aromatic nitrogens is 24. The maximum absolute atomic E-state index is 9.00. The van der Waals surface area contributed by atoms with E-state index in [1.54, 1.807) is 74.1 Å². The zero-order valence-corrected chi connectivity index (χ0v) is 76.0. The average molecular weight is 1910 g/mol. The molecule has 0 saturated carbocycles. The van der Waals surface area contributed by atoms with Crippen molar-refractivity contribution in [2.75, 3.05) is 165 Å². The molecule has 60 heteroatoms. The summed E-state index contributed by atoms with van der Waals surface area (Å²) in [7, 11) is 11.6. The molecule has 0 unspecified atom stereocenters. The van der Waals surface area contributed by atoms with Crippen LogP contribution in [0, 0.1) is 10.1 Å². The van der Waals surface area contributed by atoms with Crippen LogP contribution in [0.1, 0.15) is 20.8 Å². The molecule has 641 valence electrons. The number of carboxylic acids is 2. The number of aliphatic hydroxyl groups excluding tert-OH is 1. The van der Waals surface area contributed by atoms with Crippen molar-refractivity contribution in [3.63, 3.8) is 0 Å². The number of aliphatic hydroxyl groups is 1. The monoisotopic (exact) mass is 1900 g/mol. The summed E-state index contributed by atoms with van der Waals surface area (Å²) >= 11 is 41.0. The molecule has 12 aromatic heterocycles. The van der Waals surface area contributed by atoms with Gasteiger partial charge in [0, 0.05) is 167 Å². The minimum atomic E-state index is -1.30. The van der Waals surface area contributed by atoms with Crippen molar-refractivity contribution in [2.24, 2.45) is 27.2 Å². The Morgan fingerprint density at radius 2 is 0.958 bits per heavy atom. The van der Waals surface area contributed by atoms with Crippen molar-refractivity contribution in [3.8, 4) is 10.6 Å². The van der Waals surface area contributed by atoms with Crippen molar-refractivity contribution in [1.29, 1.82) is 0 Å². The van der Waals surface area contributed by atoms with Crippen molar-refractivity contribution in [2.45, 2.75) is 20.8 Å². The third kappa shape index (κ3) is 42.4. The molecule has 47 nitrogen and oxygen atoms in total. The van der Waals surface area contributed by atoms with E-state index in [0.29, 0.717) is 27.0 Å². The molecule has 4 saturated heterocycles. The van der Waals surface area contributed by atoms with Gasteiger partial charge < -0.3 is 80.5 Å². The van der Waals surface area contributed by atoms with Gasteiger partial charge in [-0.2, -0.15) is 29.4 Å². The Hall–Kier alpha value is -7.92. The second-order valence-electron chi connectivity index (χ2n) is 22.5. The number of tetrazole rings is 4.